The summed E-state index contributed by atoms with van der Waals surface area (Å²) in [5.74, 6) is 1.35. The van der Waals surface area contributed by atoms with Gasteiger partial charge in [-0.25, -0.2) is 0 Å². The first-order chi connectivity index (χ1) is 11.6. The number of thioether (sulfide) groups is 1. The van der Waals surface area contributed by atoms with Crippen molar-refractivity contribution in [3.8, 4) is 11.5 Å². The molecule has 1 saturated heterocycles. The van der Waals surface area contributed by atoms with Gasteiger partial charge in [-0.15, -0.1) is 10.2 Å². The summed E-state index contributed by atoms with van der Waals surface area (Å²) >= 11 is 1.44. The SMILES string of the molecule is CCN1CC(C)(CSc2nnc(-c3c[nH]c4ccccc34)o2)C1=O. The first-order valence-corrected chi connectivity index (χ1v) is 8.91. The maximum absolute atomic E-state index is 12.1. The molecule has 1 atom stereocenters. The van der Waals surface area contributed by atoms with Crippen LogP contribution in [0.5, 0.6) is 0 Å². The van der Waals surface area contributed by atoms with Crippen LogP contribution in [0.1, 0.15) is 13.8 Å². The predicted octanol–water partition coefficient (Wildman–Crippen LogP) is 3.18. The van der Waals surface area contributed by atoms with Crippen LogP contribution in [0.4, 0.5) is 0 Å². The topological polar surface area (TPSA) is 75.0 Å². The van der Waals surface area contributed by atoms with Crippen LogP contribution in [-0.2, 0) is 4.79 Å². The minimum Gasteiger partial charge on any atom is -0.411 e. The van der Waals surface area contributed by atoms with Crippen molar-refractivity contribution >= 4 is 28.6 Å². The molecule has 3 aromatic rings. The van der Waals surface area contributed by atoms with Crippen molar-refractivity contribution in [3.63, 3.8) is 0 Å². The van der Waals surface area contributed by atoms with Crippen molar-refractivity contribution in [2.45, 2.75) is 19.1 Å². The van der Waals surface area contributed by atoms with Gasteiger partial charge in [0.2, 0.25) is 5.91 Å². The molecule has 0 aliphatic carbocycles. The number of hydrogen-bond donors (Lipinski definition) is 1. The summed E-state index contributed by atoms with van der Waals surface area (Å²) in [5.41, 5.74) is 1.61. The summed E-state index contributed by atoms with van der Waals surface area (Å²) in [7, 11) is 0. The number of carbonyl (C=O) groups is 1. The van der Waals surface area contributed by atoms with Crippen LogP contribution in [0.15, 0.2) is 40.1 Å². The maximum Gasteiger partial charge on any atom is 0.276 e. The Morgan fingerprint density at radius 2 is 2.21 bits per heavy atom. The number of rotatable bonds is 5. The monoisotopic (exact) mass is 342 g/mol. The normalized spacial score (nSPS) is 20.6. The predicted molar refractivity (Wildman–Crippen MR) is 92.7 cm³/mol. The summed E-state index contributed by atoms with van der Waals surface area (Å²) in [5, 5.41) is 9.82. The molecule has 1 aliphatic heterocycles. The molecular weight excluding hydrogens is 324 g/mol. The van der Waals surface area contributed by atoms with Crippen LogP contribution < -0.4 is 0 Å². The van der Waals surface area contributed by atoms with Crippen LogP contribution in [0.25, 0.3) is 22.4 Å². The van der Waals surface area contributed by atoms with Gasteiger partial charge in [0, 0.05) is 35.9 Å². The molecular formula is C17H18N4O2S. The van der Waals surface area contributed by atoms with Crippen LogP contribution in [-0.4, -0.2) is 44.8 Å². The second-order valence-electron chi connectivity index (χ2n) is 6.29. The molecule has 0 radical (unpaired) electrons. The van der Waals surface area contributed by atoms with E-state index < -0.39 is 0 Å². The summed E-state index contributed by atoms with van der Waals surface area (Å²) < 4.78 is 5.78. The van der Waals surface area contributed by atoms with Gasteiger partial charge in [0.05, 0.1) is 11.0 Å². The number of aromatic amines is 1. The lowest BCUT2D eigenvalue weighted by Crippen LogP contribution is -2.60. The van der Waals surface area contributed by atoms with Gasteiger partial charge in [0.1, 0.15) is 0 Å². The molecule has 6 nitrogen and oxygen atoms in total. The molecule has 1 aromatic carbocycles. The van der Waals surface area contributed by atoms with Gasteiger partial charge in [-0.1, -0.05) is 30.0 Å². The van der Waals surface area contributed by atoms with E-state index in [1.54, 1.807) is 0 Å². The van der Waals surface area contributed by atoms with Gasteiger partial charge >= 0.3 is 0 Å². The Balaban J connectivity index is 1.49. The van der Waals surface area contributed by atoms with Crippen molar-refractivity contribution in [2.75, 3.05) is 18.8 Å². The van der Waals surface area contributed by atoms with Crippen LogP contribution >= 0.6 is 11.8 Å². The molecule has 1 unspecified atom stereocenters. The highest BCUT2D eigenvalue weighted by atomic mass is 32.2. The third kappa shape index (κ3) is 2.39. The minimum atomic E-state index is -0.323. The third-order valence-corrected chi connectivity index (χ3v) is 5.66. The summed E-state index contributed by atoms with van der Waals surface area (Å²) in [6.45, 7) is 5.55. The second kappa shape index (κ2) is 5.66. The molecule has 1 amide bonds. The number of β-lactam (4-membered cyclic amide) rings is 1. The molecule has 2 aromatic heterocycles. The van der Waals surface area contributed by atoms with E-state index in [0.717, 1.165) is 29.6 Å². The fraction of sp³-hybridized carbons (Fsp3) is 0.353. The fourth-order valence-corrected chi connectivity index (χ4v) is 3.95. The van der Waals surface area contributed by atoms with Crippen molar-refractivity contribution in [3.05, 3.63) is 30.5 Å². The zero-order valence-electron chi connectivity index (χ0n) is 13.6. The Labute approximate surface area is 143 Å². The molecule has 1 aliphatic rings. The number of para-hydroxylation sites is 1. The summed E-state index contributed by atoms with van der Waals surface area (Å²) in [6.07, 6.45) is 1.88. The van der Waals surface area contributed by atoms with Gasteiger partial charge in [-0.05, 0) is 19.9 Å². The van der Waals surface area contributed by atoms with E-state index in [2.05, 4.69) is 15.2 Å². The largest absolute Gasteiger partial charge is 0.411 e. The molecule has 24 heavy (non-hydrogen) atoms. The average Bonchev–Trinajstić information content (AvgIpc) is 3.23. The Kier molecular flexibility index (Phi) is 3.60. The lowest BCUT2D eigenvalue weighted by Gasteiger charge is -2.46. The molecule has 0 spiro atoms. The zero-order chi connectivity index (χ0) is 16.7. The molecule has 0 saturated carbocycles. The summed E-state index contributed by atoms with van der Waals surface area (Å²) in [4.78, 5) is 17.2. The number of fused-ring (bicyclic) bond motifs is 1. The molecule has 4 rings (SSSR count). The van der Waals surface area contributed by atoms with Crippen molar-refractivity contribution in [1.82, 2.24) is 20.1 Å². The van der Waals surface area contributed by atoms with E-state index in [1.807, 2.05) is 49.2 Å². The number of benzene rings is 1. The zero-order valence-corrected chi connectivity index (χ0v) is 14.4. The first-order valence-electron chi connectivity index (χ1n) is 7.93. The lowest BCUT2D eigenvalue weighted by atomic mass is 9.83. The molecule has 0 bridgehead atoms. The highest BCUT2D eigenvalue weighted by Crippen LogP contribution is 2.37. The number of amides is 1. The molecule has 1 N–H and O–H groups in total. The third-order valence-electron chi connectivity index (χ3n) is 4.47. The average molecular weight is 342 g/mol. The standard InChI is InChI=1S/C17H18N4O2S/c1-3-21-9-17(2,15(21)22)10-24-16-20-19-14(23-16)12-8-18-13-7-5-4-6-11(12)13/h4-8,18H,3,9-10H2,1-2H3. The molecule has 1 fully saturated rings. The van der Waals surface area contributed by atoms with Crippen molar-refractivity contribution in [2.24, 2.45) is 5.41 Å². The second-order valence-corrected chi connectivity index (χ2v) is 7.22. The van der Waals surface area contributed by atoms with E-state index in [0.29, 0.717) is 16.9 Å². The van der Waals surface area contributed by atoms with Crippen LogP contribution in [0.2, 0.25) is 0 Å². The number of likely N-dealkylation sites (tertiary alicyclic amines) is 1. The highest BCUT2D eigenvalue weighted by molar-refractivity contribution is 7.99. The highest BCUT2D eigenvalue weighted by Gasteiger charge is 2.47. The van der Waals surface area contributed by atoms with E-state index in [4.69, 9.17) is 4.42 Å². The molecule has 3 heterocycles. The van der Waals surface area contributed by atoms with Gasteiger partial charge in [-0.2, -0.15) is 0 Å². The van der Waals surface area contributed by atoms with Crippen LogP contribution in [0.3, 0.4) is 0 Å². The first kappa shape index (κ1) is 15.3. The molecule has 124 valence electrons. The number of nitrogens with zero attached hydrogens (tertiary/aromatic N) is 3. The lowest BCUT2D eigenvalue weighted by molar-refractivity contribution is -0.155. The van der Waals surface area contributed by atoms with E-state index in [1.165, 1.54) is 11.8 Å². The van der Waals surface area contributed by atoms with Gasteiger partial charge in [-0.3, -0.25) is 4.79 Å². The van der Waals surface area contributed by atoms with E-state index >= 15 is 0 Å². The van der Waals surface area contributed by atoms with Gasteiger partial charge in [0.25, 0.3) is 11.1 Å². The molecule has 7 heteroatoms. The van der Waals surface area contributed by atoms with E-state index in [9.17, 15) is 4.79 Å². The van der Waals surface area contributed by atoms with Crippen LogP contribution in [0, 0.1) is 5.41 Å². The maximum atomic E-state index is 12.1. The quantitative estimate of drug-likeness (QED) is 0.569. The number of hydrogen-bond acceptors (Lipinski definition) is 5. The Bertz CT molecular complexity index is 903. The summed E-state index contributed by atoms with van der Waals surface area (Å²) in [6, 6.07) is 7.99. The number of H-pyrrole nitrogens is 1. The number of aromatic nitrogens is 3. The van der Waals surface area contributed by atoms with E-state index in [-0.39, 0.29) is 11.3 Å². The fourth-order valence-electron chi connectivity index (χ4n) is 3.06. The number of carbonyl (C=O) groups excluding carboxylic acids is 1. The van der Waals surface area contributed by atoms with Crippen molar-refractivity contribution < 1.29 is 9.21 Å². The Hall–Kier alpha value is -2.28. The Morgan fingerprint density at radius 3 is 3.00 bits per heavy atom. The van der Waals surface area contributed by atoms with Gasteiger partial charge in [0.15, 0.2) is 0 Å². The number of nitrogens with one attached hydrogen (secondary N) is 1. The van der Waals surface area contributed by atoms with Crippen molar-refractivity contribution in [1.29, 1.82) is 0 Å². The Morgan fingerprint density at radius 1 is 1.38 bits per heavy atom. The smallest absolute Gasteiger partial charge is 0.276 e. The van der Waals surface area contributed by atoms with Gasteiger partial charge < -0.3 is 14.3 Å². The minimum absolute atomic E-state index is 0.203.